The minimum absolute atomic E-state index is 0.0325. The fourth-order valence-corrected chi connectivity index (χ4v) is 3.61. The zero-order valence-electron chi connectivity index (χ0n) is 14.7. The summed E-state index contributed by atoms with van der Waals surface area (Å²) in [7, 11) is 3.55. The standard InChI is InChI=1S/C18H24N4OS/c1-12(2)16-19-20-18(22(16)15-8-9-15)24-11-13-6-5-7-14(10-13)17(23)21(3)4/h5-7,10,12,15H,8-9,11H2,1-4H3. The number of hydrogen-bond acceptors (Lipinski definition) is 4. The SMILES string of the molecule is CC(C)c1nnc(SCc2cccc(C(=O)N(C)C)c2)n1C1CC1. The van der Waals surface area contributed by atoms with Crippen molar-refractivity contribution in [3.63, 3.8) is 0 Å². The number of aromatic nitrogens is 3. The lowest BCUT2D eigenvalue weighted by Gasteiger charge is -2.12. The summed E-state index contributed by atoms with van der Waals surface area (Å²) in [5.74, 6) is 2.28. The Labute approximate surface area is 147 Å². The number of benzene rings is 1. The maximum Gasteiger partial charge on any atom is 0.253 e. The van der Waals surface area contributed by atoms with Crippen molar-refractivity contribution in [2.75, 3.05) is 14.1 Å². The number of carbonyl (C=O) groups is 1. The Morgan fingerprint density at radius 3 is 2.71 bits per heavy atom. The molecule has 2 aromatic rings. The summed E-state index contributed by atoms with van der Waals surface area (Å²) >= 11 is 1.70. The van der Waals surface area contributed by atoms with Crippen LogP contribution < -0.4 is 0 Å². The summed E-state index contributed by atoms with van der Waals surface area (Å²) in [5, 5.41) is 9.78. The molecule has 0 radical (unpaired) electrons. The van der Waals surface area contributed by atoms with Crippen molar-refractivity contribution in [1.29, 1.82) is 0 Å². The molecule has 1 aromatic carbocycles. The smallest absolute Gasteiger partial charge is 0.253 e. The van der Waals surface area contributed by atoms with Gasteiger partial charge in [0.2, 0.25) is 0 Å². The van der Waals surface area contributed by atoms with Crippen molar-refractivity contribution in [3.05, 3.63) is 41.2 Å². The molecular formula is C18H24N4OS. The quantitative estimate of drug-likeness (QED) is 0.749. The fraction of sp³-hybridized carbons (Fsp3) is 0.500. The summed E-state index contributed by atoms with van der Waals surface area (Å²) < 4.78 is 2.31. The van der Waals surface area contributed by atoms with E-state index in [1.54, 1.807) is 30.8 Å². The van der Waals surface area contributed by atoms with Gasteiger partial charge in [-0.1, -0.05) is 37.7 Å². The summed E-state index contributed by atoms with van der Waals surface area (Å²) in [4.78, 5) is 13.7. The topological polar surface area (TPSA) is 51.0 Å². The molecule has 1 fully saturated rings. The second kappa shape index (κ2) is 6.97. The molecular weight excluding hydrogens is 320 g/mol. The van der Waals surface area contributed by atoms with Gasteiger partial charge in [-0.2, -0.15) is 0 Å². The molecule has 1 aromatic heterocycles. The Bertz CT molecular complexity index is 734. The first-order valence-corrected chi connectivity index (χ1v) is 9.34. The molecule has 0 spiro atoms. The fourth-order valence-electron chi connectivity index (χ4n) is 2.66. The van der Waals surface area contributed by atoms with E-state index in [2.05, 4.69) is 34.7 Å². The molecule has 1 amide bonds. The predicted molar refractivity (Wildman–Crippen MR) is 96.4 cm³/mol. The van der Waals surface area contributed by atoms with Gasteiger partial charge in [-0.15, -0.1) is 10.2 Å². The van der Waals surface area contributed by atoms with Crippen LogP contribution in [0.5, 0.6) is 0 Å². The van der Waals surface area contributed by atoms with Crippen LogP contribution in [-0.4, -0.2) is 39.7 Å². The Balaban J connectivity index is 1.75. The number of hydrogen-bond donors (Lipinski definition) is 0. The van der Waals surface area contributed by atoms with Gasteiger partial charge in [-0.25, -0.2) is 0 Å². The molecule has 0 aliphatic heterocycles. The van der Waals surface area contributed by atoms with Gasteiger partial charge in [-0.3, -0.25) is 4.79 Å². The third-order valence-electron chi connectivity index (χ3n) is 4.07. The van der Waals surface area contributed by atoms with Crippen molar-refractivity contribution in [2.45, 2.75) is 49.6 Å². The van der Waals surface area contributed by atoms with E-state index in [4.69, 9.17) is 0 Å². The number of nitrogens with zero attached hydrogens (tertiary/aromatic N) is 4. The number of carbonyl (C=O) groups excluding carboxylic acids is 1. The first-order chi connectivity index (χ1) is 11.5. The van der Waals surface area contributed by atoms with Crippen molar-refractivity contribution in [1.82, 2.24) is 19.7 Å². The van der Waals surface area contributed by atoms with Crippen LogP contribution in [0.1, 0.15) is 60.4 Å². The van der Waals surface area contributed by atoms with Crippen LogP contribution >= 0.6 is 11.8 Å². The molecule has 5 nitrogen and oxygen atoms in total. The van der Waals surface area contributed by atoms with Crippen LogP contribution in [0.15, 0.2) is 29.4 Å². The van der Waals surface area contributed by atoms with Crippen molar-refractivity contribution in [3.8, 4) is 0 Å². The lowest BCUT2D eigenvalue weighted by molar-refractivity contribution is 0.0827. The van der Waals surface area contributed by atoms with Crippen LogP contribution in [0.2, 0.25) is 0 Å². The first kappa shape index (κ1) is 17.0. The van der Waals surface area contributed by atoms with E-state index in [0.29, 0.717) is 12.0 Å². The molecule has 1 saturated carbocycles. The predicted octanol–water partition coefficient (Wildman–Crippen LogP) is 3.73. The largest absolute Gasteiger partial charge is 0.345 e. The second-order valence-electron chi connectivity index (χ2n) is 6.79. The lowest BCUT2D eigenvalue weighted by Crippen LogP contribution is -2.21. The molecule has 6 heteroatoms. The van der Waals surface area contributed by atoms with Crippen molar-refractivity contribution >= 4 is 17.7 Å². The molecule has 24 heavy (non-hydrogen) atoms. The third kappa shape index (κ3) is 3.64. The van der Waals surface area contributed by atoms with Gasteiger partial charge in [0.1, 0.15) is 5.82 Å². The molecule has 0 saturated heterocycles. The molecule has 0 unspecified atom stereocenters. The molecule has 1 heterocycles. The van der Waals surface area contributed by atoms with Crippen LogP contribution in [0.3, 0.4) is 0 Å². The van der Waals surface area contributed by atoms with Gasteiger partial charge in [0, 0.05) is 37.4 Å². The highest BCUT2D eigenvalue weighted by molar-refractivity contribution is 7.98. The summed E-state index contributed by atoms with van der Waals surface area (Å²) in [6.45, 7) is 4.32. The van der Waals surface area contributed by atoms with Gasteiger partial charge in [0.05, 0.1) is 0 Å². The highest BCUT2D eigenvalue weighted by atomic mass is 32.2. The van der Waals surface area contributed by atoms with E-state index in [0.717, 1.165) is 27.9 Å². The third-order valence-corrected chi connectivity index (χ3v) is 5.08. The minimum Gasteiger partial charge on any atom is -0.345 e. The second-order valence-corrected chi connectivity index (χ2v) is 7.73. The van der Waals surface area contributed by atoms with E-state index in [-0.39, 0.29) is 5.91 Å². The number of thioether (sulfide) groups is 1. The Hall–Kier alpha value is -1.82. The number of amides is 1. The first-order valence-electron chi connectivity index (χ1n) is 8.35. The van der Waals surface area contributed by atoms with Gasteiger partial charge < -0.3 is 9.47 Å². The molecule has 0 atom stereocenters. The van der Waals surface area contributed by atoms with Crippen molar-refractivity contribution in [2.24, 2.45) is 0 Å². The highest BCUT2D eigenvalue weighted by Crippen LogP contribution is 2.40. The Morgan fingerprint density at radius 2 is 2.08 bits per heavy atom. The Morgan fingerprint density at radius 1 is 1.33 bits per heavy atom. The molecule has 1 aliphatic rings. The van der Waals surface area contributed by atoms with Crippen LogP contribution in [0, 0.1) is 0 Å². The van der Waals surface area contributed by atoms with Crippen LogP contribution in [0.25, 0.3) is 0 Å². The average molecular weight is 344 g/mol. The molecule has 3 rings (SSSR count). The van der Waals surface area contributed by atoms with Crippen molar-refractivity contribution < 1.29 is 4.79 Å². The van der Waals surface area contributed by atoms with E-state index >= 15 is 0 Å². The highest BCUT2D eigenvalue weighted by Gasteiger charge is 2.30. The zero-order chi connectivity index (χ0) is 17.3. The van der Waals surface area contributed by atoms with Crippen LogP contribution in [0.4, 0.5) is 0 Å². The van der Waals surface area contributed by atoms with Gasteiger partial charge in [-0.05, 0) is 30.5 Å². The normalized spacial score (nSPS) is 14.2. The zero-order valence-corrected chi connectivity index (χ0v) is 15.5. The average Bonchev–Trinajstić information content (AvgIpc) is 3.31. The van der Waals surface area contributed by atoms with E-state index in [1.807, 2.05) is 18.2 Å². The van der Waals surface area contributed by atoms with E-state index in [9.17, 15) is 4.79 Å². The van der Waals surface area contributed by atoms with Gasteiger partial charge in [0.25, 0.3) is 5.91 Å². The molecule has 128 valence electrons. The Kier molecular flexibility index (Phi) is 4.94. The molecule has 0 N–H and O–H groups in total. The van der Waals surface area contributed by atoms with E-state index in [1.165, 1.54) is 12.8 Å². The molecule has 1 aliphatic carbocycles. The van der Waals surface area contributed by atoms with Gasteiger partial charge >= 0.3 is 0 Å². The molecule has 0 bridgehead atoms. The summed E-state index contributed by atoms with van der Waals surface area (Å²) in [6, 6.07) is 8.40. The maximum absolute atomic E-state index is 12.1. The maximum atomic E-state index is 12.1. The lowest BCUT2D eigenvalue weighted by atomic mass is 10.1. The van der Waals surface area contributed by atoms with Gasteiger partial charge in [0.15, 0.2) is 5.16 Å². The summed E-state index contributed by atoms with van der Waals surface area (Å²) in [5.41, 5.74) is 1.86. The minimum atomic E-state index is 0.0325. The summed E-state index contributed by atoms with van der Waals surface area (Å²) in [6.07, 6.45) is 2.44. The van der Waals surface area contributed by atoms with E-state index < -0.39 is 0 Å². The van der Waals surface area contributed by atoms with Crippen LogP contribution in [-0.2, 0) is 5.75 Å². The monoisotopic (exact) mass is 344 g/mol. The number of rotatable bonds is 6.